The zero-order valence-corrected chi connectivity index (χ0v) is 49.8. The molecule has 85 heavy (non-hydrogen) atoms. The van der Waals surface area contributed by atoms with E-state index < -0.39 is 0 Å². The van der Waals surface area contributed by atoms with Crippen LogP contribution in [0.1, 0.15) is 79.0 Å². The Balaban J connectivity index is 1.06. The molecule has 414 valence electrons. The van der Waals surface area contributed by atoms with Gasteiger partial charge in [0.05, 0.1) is 11.4 Å². The van der Waals surface area contributed by atoms with Crippen LogP contribution in [-0.2, 0) is 16.2 Å². The third kappa shape index (κ3) is 8.69. The molecule has 0 atom stereocenters. The van der Waals surface area contributed by atoms with Crippen molar-refractivity contribution in [2.24, 2.45) is 0 Å². The van der Waals surface area contributed by atoms with Crippen LogP contribution in [0.3, 0.4) is 0 Å². The highest BCUT2D eigenvalue weighted by atomic mass is 16.3. The van der Waals surface area contributed by atoms with Gasteiger partial charge in [-0.05, 0) is 165 Å². The van der Waals surface area contributed by atoms with E-state index in [1.807, 2.05) is 6.07 Å². The second-order valence-electron chi connectivity index (χ2n) is 26.2. The van der Waals surface area contributed by atoms with Crippen LogP contribution in [0.2, 0.25) is 0 Å². The Morgan fingerprint density at radius 2 is 0.741 bits per heavy atom. The summed E-state index contributed by atoms with van der Waals surface area (Å²) in [6.07, 6.45) is 0. The average molecular weight is 1100 g/mol. The summed E-state index contributed by atoms with van der Waals surface area (Å²) in [7, 11) is 0. The minimum Gasteiger partial charge on any atom is -0.456 e. The zero-order chi connectivity index (χ0) is 58.1. The van der Waals surface area contributed by atoms with E-state index in [2.05, 4.69) is 319 Å². The molecule has 7 heteroatoms. The van der Waals surface area contributed by atoms with E-state index in [1.165, 1.54) is 33.1 Å². The van der Waals surface area contributed by atoms with Gasteiger partial charge in [0.2, 0.25) is 0 Å². The molecular formula is C78H67BN4O2. The first-order chi connectivity index (χ1) is 41.0. The fraction of sp³-hybridized carbons (Fsp3) is 0.154. The van der Waals surface area contributed by atoms with Gasteiger partial charge in [-0.1, -0.05) is 190 Å². The van der Waals surface area contributed by atoms with Gasteiger partial charge in [0.15, 0.2) is 5.58 Å². The largest absolute Gasteiger partial charge is 0.456 e. The first kappa shape index (κ1) is 52.1. The third-order valence-corrected chi connectivity index (χ3v) is 17.7. The maximum absolute atomic E-state index is 7.22. The van der Waals surface area contributed by atoms with Crippen LogP contribution in [0.4, 0.5) is 68.2 Å². The topological polar surface area (TPSA) is 39.2 Å². The van der Waals surface area contributed by atoms with Crippen molar-refractivity contribution in [3.8, 4) is 0 Å². The van der Waals surface area contributed by atoms with Gasteiger partial charge in [-0.3, -0.25) is 0 Å². The second-order valence-corrected chi connectivity index (χ2v) is 26.2. The van der Waals surface area contributed by atoms with Gasteiger partial charge >= 0.3 is 0 Å². The molecule has 6 nitrogen and oxygen atoms in total. The standard InChI is InChI=1S/C78H67BN4O2/c1-76(2,3)50-28-34-55(35-29-50)81(58-41-45-72-64(46-58)62-25-17-18-26-70(62)84-72)59-40-43-65-67(47-59)82(56-36-30-51(31-37-56)77(4,5)6)68-48-60(80(53-20-12-10-13-21-53)54-22-14-11-15-23-54)49-69-73(68)79(65)66-44-42-63-61-24-16-19-27-71(61)85-75(63)74(66)83(69)57-38-32-52(33-39-57)78(7,8)9/h10-49H,1-9H3. The summed E-state index contributed by atoms with van der Waals surface area (Å²) in [4.78, 5) is 9.90. The Bertz CT molecular complexity index is 4680. The summed E-state index contributed by atoms with van der Waals surface area (Å²) in [6, 6.07) is 89.6. The molecular weight excluding hydrogens is 1040 g/mol. The van der Waals surface area contributed by atoms with Crippen LogP contribution in [0.5, 0.6) is 0 Å². The fourth-order valence-electron chi connectivity index (χ4n) is 13.3. The lowest BCUT2D eigenvalue weighted by Gasteiger charge is -2.45. The maximum Gasteiger partial charge on any atom is 0.252 e. The first-order valence-corrected chi connectivity index (χ1v) is 29.8. The van der Waals surface area contributed by atoms with Crippen LogP contribution in [0.15, 0.2) is 251 Å². The predicted molar refractivity (Wildman–Crippen MR) is 360 cm³/mol. The molecule has 0 aliphatic carbocycles. The number of hydrogen-bond donors (Lipinski definition) is 0. The van der Waals surface area contributed by atoms with Crippen molar-refractivity contribution in [3.63, 3.8) is 0 Å². The number of hydrogen-bond acceptors (Lipinski definition) is 6. The van der Waals surface area contributed by atoms with Crippen LogP contribution < -0.4 is 36.0 Å². The van der Waals surface area contributed by atoms with Gasteiger partial charge in [0.1, 0.15) is 16.7 Å². The second kappa shape index (κ2) is 19.4. The van der Waals surface area contributed by atoms with Crippen molar-refractivity contribution in [1.29, 1.82) is 0 Å². The van der Waals surface area contributed by atoms with Gasteiger partial charge in [0, 0.05) is 78.4 Å². The average Bonchev–Trinajstić information content (AvgIpc) is 1.48. The lowest BCUT2D eigenvalue weighted by Crippen LogP contribution is -2.61. The molecule has 0 saturated carbocycles. The minimum absolute atomic E-state index is 0.0236. The highest BCUT2D eigenvalue weighted by molar-refractivity contribution is 7.00. The van der Waals surface area contributed by atoms with E-state index in [0.717, 1.165) is 112 Å². The number of furan rings is 2. The van der Waals surface area contributed by atoms with Crippen molar-refractivity contribution in [2.75, 3.05) is 19.6 Å². The first-order valence-electron chi connectivity index (χ1n) is 29.8. The van der Waals surface area contributed by atoms with Crippen LogP contribution in [-0.4, -0.2) is 6.71 Å². The van der Waals surface area contributed by atoms with Crippen molar-refractivity contribution in [2.45, 2.75) is 78.6 Å². The van der Waals surface area contributed by atoms with Gasteiger partial charge < -0.3 is 28.4 Å². The Morgan fingerprint density at radius 1 is 0.318 bits per heavy atom. The van der Waals surface area contributed by atoms with Gasteiger partial charge in [0.25, 0.3) is 6.71 Å². The highest BCUT2D eigenvalue weighted by Gasteiger charge is 2.46. The summed E-state index contributed by atoms with van der Waals surface area (Å²) in [5, 5.41) is 4.35. The van der Waals surface area contributed by atoms with Crippen LogP contribution in [0, 0.1) is 0 Å². The summed E-state index contributed by atoms with van der Waals surface area (Å²) in [5.41, 5.74) is 23.5. The van der Waals surface area contributed by atoms with E-state index in [-0.39, 0.29) is 23.0 Å². The lowest BCUT2D eigenvalue weighted by atomic mass is 9.33. The monoisotopic (exact) mass is 1100 g/mol. The molecule has 0 spiro atoms. The zero-order valence-electron chi connectivity index (χ0n) is 49.8. The maximum atomic E-state index is 7.22. The highest BCUT2D eigenvalue weighted by Crippen LogP contribution is 2.52. The molecule has 15 rings (SSSR count). The quantitative estimate of drug-likeness (QED) is 0.141. The van der Waals surface area contributed by atoms with Crippen LogP contribution >= 0.6 is 0 Å². The number of nitrogens with zero attached hydrogens (tertiary/aromatic N) is 4. The van der Waals surface area contributed by atoms with E-state index in [1.54, 1.807) is 0 Å². The van der Waals surface area contributed by atoms with E-state index in [4.69, 9.17) is 8.83 Å². The van der Waals surface area contributed by atoms with Crippen molar-refractivity contribution in [3.05, 3.63) is 259 Å². The normalized spacial score (nSPS) is 13.2. The number of fused-ring (bicyclic) bond motifs is 11. The summed E-state index contributed by atoms with van der Waals surface area (Å²) in [6.45, 7) is 20.4. The molecule has 0 N–H and O–H groups in total. The Kier molecular flexibility index (Phi) is 11.9. The van der Waals surface area contributed by atoms with E-state index >= 15 is 0 Å². The molecule has 4 heterocycles. The molecule has 0 bridgehead atoms. The van der Waals surface area contributed by atoms with Crippen molar-refractivity contribution < 1.29 is 8.83 Å². The molecule has 0 saturated heterocycles. The lowest BCUT2D eigenvalue weighted by molar-refractivity contribution is 0.590. The molecule has 0 amide bonds. The minimum atomic E-state index is -0.207. The van der Waals surface area contributed by atoms with Crippen molar-refractivity contribution in [1.82, 2.24) is 0 Å². The van der Waals surface area contributed by atoms with Gasteiger partial charge in [-0.2, -0.15) is 0 Å². The van der Waals surface area contributed by atoms with E-state index in [9.17, 15) is 0 Å². The Morgan fingerprint density at radius 3 is 1.33 bits per heavy atom. The Hall–Kier alpha value is -9.72. The smallest absolute Gasteiger partial charge is 0.252 e. The number of anilines is 12. The van der Waals surface area contributed by atoms with Crippen molar-refractivity contribution >= 4 is 135 Å². The molecule has 2 aliphatic heterocycles. The van der Waals surface area contributed by atoms with E-state index in [0.29, 0.717) is 0 Å². The molecule has 0 unspecified atom stereocenters. The molecule has 2 aromatic heterocycles. The molecule has 0 fully saturated rings. The molecule has 0 radical (unpaired) electrons. The molecule has 2 aliphatic rings. The predicted octanol–water partition coefficient (Wildman–Crippen LogP) is 20.4. The number of para-hydroxylation sites is 4. The third-order valence-electron chi connectivity index (χ3n) is 17.7. The van der Waals surface area contributed by atoms with Crippen LogP contribution in [0.25, 0.3) is 43.9 Å². The number of rotatable bonds is 8. The molecule has 11 aromatic carbocycles. The number of benzene rings is 11. The summed E-state index contributed by atoms with van der Waals surface area (Å²) < 4.78 is 13.7. The Labute approximate surface area is 498 Å². The molecule has 13 aromatic rings. The summed E-state index contributed by atoms with van der Waals surface area (Å²) in [5.74, 6) is 0. The SMILES string of the molecule is CC(C)(C)c1ccc(N(c2ccc3c(c2)N(c2ccc(C(C)(C)C)cc2)c2cc(N(c4ccccc4)c4ccccc4)cc4c2B3c2ccc3c(oc5ccccc53)c2N4c2ccc(C(C)(C)C)cc2)c2ccc3oc4ccccc4c3c2)cc1. The summed E-state index contributed by atoms with van der Waals surface area (Å²) >= 11 is 0. The van der Waals surface area contributed by atoms with Gasteiger partial charge in [-0.15, -0.1) is 0 Å². The fourth-order valence-corrected chi connectivity index (χ4v) is 13.3. The van der Waals surface area contributed by atoms with Gasteiger partial charge in [-0.25, -0.2) is 0 Å².